The first kappa shape index (κ1) is 13.8. The number of nitrogen functional groups attached to an aromatic ring is 1. The van der Waals surface area contributed by atoms with Gasteiger partial charge in [0.05, 0.1) is 0 Å². The summed E-state index contributed by atoms with van der Waals surface area (Å²) in [4.78, 5) is 23.1. The minimum absolute atomic E-state index is 0.0188. The van der Waals surface area contributed by atoms with Gasteiger partial charge in [-0.2, -0.15) is 0 Å². The number of amidine groups is 1. The Morgan fingerprint density at radius 1 is 1.38 bits per heavy atom. The molecule has 2 aromatic heterocycles. The lowest BCUT2D eigenvalue weighted by Gasteiger charge is -2.09. The Balaban J connectivity index is 2.05. The molecule has 0 fully saturated rings. The van der Waals surface area contributed by atoms with Crippen LogP contribution >= 0.6 is 11.8 Å². The number of aromatic amines is 1. The van der Waals surface area contributed by atoms with Crippen LogP contribution in [0.15, 0.2) is 27.1 Å². The predicted octanol–water partition coefficient (Wildman–Crippen LogP) is 1.40. The van der Waals surface area contributed by atoms with Gasteiger partial charge in [0, 0.05) is 23.0 Å². The van der Waals surface area contributed by atoms with E-state index in [0.29, 0.717) is 21.4 Å². The fraction of sp³-hybridized carbons (Fsp3) is 0.286. The van der Waals surface area contributed by atoms with Crippen LogP contribution in [0.4, 0.5) is 0 Å². The van der Waals surface area contributed by atoms with Gasteiger partial charge in [0.15, 0.2) is 5.16 Å². The van der Waals surface area contributed by atoms with E-state index in [0.717, 1.165) is 30.5 Å². The van der Waals surface area contributed by atoms with Gasteiger partial charge in [-0.1, -0.05) is 0 Å². The van der Waals surface area contributed by atoms with Crippen molar-refractivity contribution in [2.24, 2.45) is 5.73 Å². The summed E-state index contributed by atoms with van der Waals surface area (Å²) in [6.07, 6.45) is 3.00. The second-order valence-corrected chi connectivity index (χ2v) is 5.99. The average Bonchev–Trinajstić information content (AvgIpc) is 2.83. The maximum atomic E-state index is 11.5. The van der Waals surface area contributed by atoms with Crippen LogP contribution in [0.1, 0.15) is 28.9 Å². The van der Waals surface area contributed by atoms with Crippen molar-refractivity contribution in [2.45, 2.75) is 36.4 Å². The number of pyridine rings is 1. The molecule has 0 amide bonds. The highest BCUT2D eigenvalue weighted by molar-refractivity contribution is 7.99. The molecule has 0 bridgehead atoms. The molecule has 4 N–H and O–H groups in total. The highest BCUT2D eigenvalue weighted by Gasteiger charge is 2.19. The van der Waals surface area contributed by atoms with E-state index in [1.807, 2.05) is 6.07 Å². The van der Waals surface area contributed by atoms with Crippen LogP contribution in [-0.4, -0.2) is 20.8 Å². The number of rotatable bonds is 3. The molecule has 2 aromatic rings. The lowest BCUT2D eigenvalue weighted by Crippen LogP contribution is -2.15. The maximum Gasteiger partial charge on any atom is 0.251 e. The summed E-state index contributed by atoms with van der Waals surface area (Å²) in [6.45, 7) is 1.77. The Hall–Kier alpha value is -2.15. The van der Waals surface area contributed by atoms with Crippen molar-refractivity contribution in [1.29, 1.82) is 5.41 Å². The number of H-pyrrole nitrogens is 1. The molecule has 0 radical (unpaired) electrons. The summed E-state index contributed by atoms with van der Waals surface area (Å²) in [6, 6.07) is 3.37. The second kappa shape index (κ2) is 5.33. The van der Waals surface area contributed by atoms with Crippen molar-refractivity contribution in [1.82, 2.24) is 15.0 Å². The van der Waals surface area contributed by atoms with E-state index in [2.05, 4.69) is 15.0 Å². The molecule has 0 saturated heterocycles. The molecule has 3 rings (SSSR count). The van der Waals surface area contributed by atoms with Crippen molar-refractivity contribution in [3.05, 3.63) is 45.0 Å². The normalized spacial score (nSPS) is 13.2. The number of nitrogens with one attached hydrogen (secondary N) is 2. The monoisotopic (exact) mass is 301 g/mol. The smallest absolute Gasteiger partial charge is 0.251 e. The zero-order valence-corrected chi connectivity index (χ0v) is 12.4. The number of fused-ring (bicyclic) bond motifs is 1. The van der Waals surface area contributed by atoms with Gasteiger partial charge in [0.1, 0.15) is 10.9 Å². The number of aromatic nitrogens is 3. The number of aryl methyl sites for hydroxylation is 3. The van der Waals surface area contributed by atoms with Crippen LogP contribution in [0.3, 0.4) is 0 Å². The van der Waals surface area contributed by atoms with Gasteiger partial charge in [0.2, 0.25) is 0 Å². The third kappa shape index (κ3) is 2.82. The van der Waals surface area contributed by atoms with Gasteiger partial charge in [-0.15, -0.1) is 0 Å². The maximum absolute atomic E-state index is 11.5. The van der Waals surface area contributed by atoms with Crippen LogP contribution in [0.25, 0.3) is 0 Å². The lowest BCUT2D eigenvalue weighted by atomic mass is 10.1. The molecule has 6 nitrogen and oxygen atoms in total. The molecule has 0 saturated carbocycles. The fourth-order valence-corrected chi connectivity index (χ4v) is 3.37. The number of hydrogen-bond donors (Lipinski definition) is 3. The summed E-state index contributed by atoms with van der Waals surface area (Å²) in [7, 11) is 0. The summed E-state index contributed by atoms with van der Waals surface area (Å²) >= 11 is 1.24. The van der Waals surface area contributed by atoms with E-state index >= 15 is 0 Å². The van der Waals surface area contributed by atoms with Crippen LogP contribution < -0.4 is 11.3 Å². The van der Waals surface area contributed by atoms with Gasteiger partial charge in [0.25, 0.3) is 5.56 Å². The first-order chi connectivity index (χ1) is 10.0. The number of nitrogens with two attached hydrogens (primary N) is 1. The quantitative estimate of drug-likeness (QED) is 0.451. The van der Waals surface area contributed by atoms with E-state index in [-0.39, 0.29) is 11.4 Å². The Morgan fingerprint density at radius 3 is 2.90 bits per heavy atom. The fourth-order valence-electron chi connectivity index (χ4n) is 2.42. The molecular formula is C14H15N5OS. The van der Waals surface area contributed by atoms with E-state index in [1.165, 1.54) is 17.8 Å². The van der Waals surface area contributed by atoms with E-state index < -0.39 is 0 Å². The minimum Gasteiger partial charge on any atom is -0.384 e. The van der Waals surface area contributed by atoms with Gasteiger partial charge in [-0.3, -0.25) is 10.2 Å². The molecule has 1 aliphatic rings. The van der Waals surface area contributed by atoms with Crippen molar-refractivity contribution >= 4 is 17.6 Å². The highest BCUT2D eigenvalue weighted by atomic mass is 32.2. The van der Waals surface area contributed by atoms with Gasteiger partial charge in [-0.25, -0.2) is 9.97 Å². The molecule has 0 aromatic carbocycles. The van der Waals surface area contributed by atoms with E-state index in [9.17, 15) is 4.79 Å². The molecule has 7 heteroatoms. The Bertz CT molecular complexity index is 783. The van der Waals surface area contributed by atoms with Crippen LogP contribution in [-0.2, 0) is 12.8 Å². The summed E-state index contributed by atoms with van der Waals surface area (Å²) < 4.78 is 0. The minimum atomic E-state index is -0.199. The van der Waals surface area contributed by atoms with Crippen molar-refractivity contribution < 1.29 is 0 Å². The average molecular weight is 301 g/mol. The van der Waals surface area contributed by atoms with Crippen molar-refractivity contribution in [3.8, 4) is 0 Å². The lowest BCUT2D eigenvalue weighted by molar-refractivity contribution is 0.884. The Kier molecular flexibility index (Phi) is 3.50. The molecule has 2 heterocycles. The molecule has 21 heavy (non-hydrogen) atoms. The first-order valence-corrected chi connectivity index (χ1v) is 7.47. The molecule has 108 valence electrons. The second-order valence-electron chi connectivity index (χ2n) is 5.01. The van der Waals surface area contributed by atoms with Gasteiger partial charge in [-0.05, 0) is 49.6 Å². The highest BCUT2D eigenvalue weighted by Crippen LogP contribution is 2.30. The molecule has 0 aliphatic heterocycles. The molecular weight excluding hydrogens is 286 g/mol. The van der Waals surface area contributed by atoms with Crippen molar-refractivity contribution in [2.75, 3.05) is 0 Å². The molecule has 0 spiro atoms. The third-order valence-corrected chi connectivity index (χ3v) is 4.24. The number of hydrogen-bond acceptors (Lipinski definition) is 5. The van der Waals surface area contributed by atoms with Crippen LogP contribution in [0, 0.1) is 12.3 Å². The molecule has 0 unspecified atom stereocenters. The standard InChI is InChI=1S/C14H15N5OS/c1-7-5-11(20)19-14(17-7)21-13-9(12(15)16)6-8-3-2-4-10(8)18-13/h5-6H,2-4H2,1H3,(H3,15,16)(H,17,19,20). The molecule has 1 aliphatic carbocycles. The zero-order valence-electron chi connectivity index (χ0n) is 11.6. The Morgan fingerprint density at radius 2 is 2.19 bits per heavy atom. The predicted molar refractivity (Wildman–Crippen MR) is 81.0 cm³/mol. The third-order valence-electron chi connectivity index (χ3n) is 3.35. The summed E-state index contributed by atoms with van der Waals surface area (Å²) in [5.74, 6) is -0.0188. The van der Waals surface area contributed by atoms with Gasteiger partial charge < -0.3 is 10.7 Å². The zero-order chi connectivity index (χ0) is 15.0. The topological polar surface area (TPSA) is 109 Å². The van der Waals surface area contributed by atoms with Crippen LogP contribution in [0.2, 0.25) is 0 Å². The largest absolute Gasteiger partial charge is 0.384 e. The Labute approximate surface area is 125 Å². The van der Waals surface area contributed by atoms with Gasteiger partial charge >= 0.3 is 0 Å². The first-order valence-electron chi connectivity index (χ1n) is 6.66. The van der Waals surface area contributed by atoms with Crippen molar-refractivity contribution in [3.63, 3.8) is 0 Å². The SMILES string of the molecule is Cc1cc(=O)[nH]c(Sc2nc3c(cc2C(=N)N)CCC3)n1. The van der Waals surface area contributed by atoms with E-state index in [1.54, 1.807) is 6.92 Å². The summed E-state index contributed by atoms with van der Waals surface area (Å²) in [5.41, 5.74) is 8.92. The number of nitrogens with zero attached hydrogens (tertiary/aromatic N) is 2. The molecule has 0 atom stereocenters. The van der Waals surface area contributed by atoms with E-state index in [4.69, 9.17) is 11.1 Å². The van der Waals surface area contributed by atoms with Crippen LogP contribution in [0.5, 0.6) is 0 Å². The summed E-state index contributed by atoms with van der Waals surface area (Å²) in [5, 5.41) is 8.81.